The van der Waals surface area contributed by atoms with E-state index < -0.39 is 21.1 Å². The molecule has 3 rings (SSSR count). The lowest BCUT2D eigenvalue weighted by molar-refractivity contribution is -0.127. The zero-order valence-corrected chi connectivity index (χ0v) is 15.3. The molecule has 1 amide bonds. The molecular weight excluding hydrogens is 358 g/mol. The largest absolute Gasteiger partial charge is 0.497 e. The molecule has 9 heteroatoms. The smallest absolute Gasteiger partial charge is 0.335 e. The molecule has 0 spiro atoms. The second-order valence-electron chi connectivity index (χ2n) is 5.97. The van der Waals surface area contributed by atoms with E-state index in [-0.39, 0.29) is 11.8 Å². The van der Waals surface area contributed by atoms with Gasteiger partial charge in [-0.2, -0.15) is 0 Å². The molecule has 1 aromatic carbocycles. The van der Waals surface area contributed by atoms with Gasteiger partial charge in [0.05, 0.1) is 7.11 Å². The van der Waals surface area contributed by atoms with Crippen LogP contribution >= 0.6 is 0 Å². The van der Waals surface area contributed by atoms with Crippen LogP contribution in [0.2, 0.25) is 0 Å². The van der Waals surface area contributed by atoms with Crippen LogP contribution in [-0.2, 0) is 14.6 Å². The number of hydrogen-bond donors (Lipinski definition) is 0. The van der Waals surface area contributed by atoms with Gasteiger partial charge in [-0.1, -0.05) is 17.2 Å². The first-order chi connectivity index (χ1) is 12.4. The molecule has 1 saturated heterocycles. The fourth-order valence-electron chi connectivity index (χ4n) is 2.77. The van der Waals surface area contributed by atoms with Gasteiger partial charge in [0.1, 0.15) is 11.8 Å². The van der Waals surface area contributed by atoms with E-state index >= 15 is 0 Å². The van der Waals surface area contributed by atoms with Gasteiger partial charge in [-0.25, -0.2) is 8.42 Å². The Morgan fingerprint density at radius 1 is 1.31 bits per heavy atom. The van der Waals surface area contributed by atoms with Crippen molar-refractivity contribution in [3.05, 3.63) is 41.8 Å². The molecule has 8 nitrogen and oxygen atoms in total. The number of nitrogens with zero attached hydrogens (tertiary/aromatic N) is 3. The number of hydrogen-bond acceptors (Lipinski definition) is 7. The average Bonchev–Trinajstić information content (AvgIpc) is 3.28. The van der Waals surface area contributed by atoms with Crippen LogP contribution in [0.15, 0.2) is 40.0 Å². The number of carbonyl (C=O) groups is 1. The first-order valence-corrected chi connectivity index (χ1v) is 9.94. The molecule has 0 unspecified atom stereocenters. The van der Waals surface area contributed by atoms with Crippen LogP contribution in [-0.4, -0.2) is 49.3 Å². The number of amides is 1. The van der Waals surface area contributed by atoms with E-state index in [2.05, 4.69) is 10.2 Å². The van der Waals surface area contributed by atoms with Crippen LogP contribution in [0.3, 0.4) is 0 Å². The molecule has 0 bridgehead atoms. The van der Waals surface area contributed by atoms with E-state index in [9.17, 15) is 13.2 Å². The number of sulfone groups is 1. The minimum atomic E-state index is -3.57. The zero-order chi connectivity index (χ0) is 18.7. The predicted molar refractivity (Wildman–Crippen MR) is 93.1 cm³/mol. The molecule has 0 saturated carbocycles. The Morgan fingerprint density at radius 3 is 2.65 bits per heavy atom. The van der Waals surface area contributed by atoms with Crippen LogP contribution in [0, 0.1) is 0 Å². The monoisotopic (exact) mass is 377 g/mol. The lowest BCUT2D eigenvalue weighted by Gasteiger charge is -2.20. The summed E-state index contributed by atoms with van der Waals surface area (Å²) in [5.74, 6) is 0.697. The summed E-state index contributed by atoms with van der Waals surface area (Å²) in [5, 5.41) is 6.94. The lowest BCUT2D eigenvalue weighted by atomic mass is 10.2. The van der Waals surface area contributed by atoms with Crippen LogP contribution in [0.1, 0.15) is 30.3 Å². The van der Waals surface area contributed by atoms with E-state index in [0.29, 0.717) is 13.0 Å². The summed E-state index contributed by atoms with van der Waals surface area (Å²) in [6.07, 6.45) is 5.62. The number of rotatable bonds is 5. The Kier molecular flexibility index (Phi) is 5.08. The molecule has 1 atom stereocenters. The summed E-state index contributed by atoms with van der Waals surface area (Å²) >= 11 is 0. The molecule has 1 aromatic heterocycles. The fourth-order valence-corrected chi connectivity index (χ4v) is 3.20. The van der Waals surface area contributed by atoms with Crippen LogP contribution in [0.25, 0.3) is 6.08 Å². The maximum absolute atomic E-state index is 12.5. The van der Waals surface area contributed by atoms with Gasteiger partial charge in [0.2, 0.25) is 21.6 Å². The minimum Gasteiger partial charge on any atom is -0.497 e. The highest BCUT2D eigenvalue weighted by atomic mass is 32.2. The van der Waals surface area contributed by atoms with Crippen molar-refractivity contribution in [3.8, 4) is 5.75 Å². The first kappa shape index (κ1) is 18.1. The maximum Gasteiger partial charge on any atom is 0.335 e. The van der Waals surface area contributed by atoms with E-state index in [0.717, 1.165) is 24.0 Å². The topological polar surface area (TPSA) is 103 Å². The van der Waals surface area contributed by atoms with E-state index in [4.69, 9.17) is 9.15 Å². The van der Waals surface area contributed by atoms with Crippen molar-refractivity contribution in [3.63, 3.8) is 0 Å². The van der Waals surface area contributed by atoms with Gasteiger partial charge >= 0.3 is 5.22 Å². The summed E-state index contributed by atoms with van der Waals surface area (Å²) in [6, 6.07) is 6.91. The van der Waals surface area contributed by atoms with Crippen molar-refractivity contribution in [1.29, 1.82) is 0 Å². The Morgan fingerprint density at radius 2 is 2.04 bits per heavy atom. The molecule has 2 aromatic rings. The number of benzene rings is 1. The third-order valence-corrected chi connectivity index (χ3v) is 4.89. The molecule has 1 aliphatic rings. The molecule has 138 valence electrons. The van der Waals surface area contributed by atoms with E-state index in [1.807, 2.05) is 24.3 Å². The van der Waals surface area contributed by atoms with Crippen molar-refractivity contribution in [2.45, 2.75) is 24.1 Å². The standard InChI is InChI=1S/C17H19N3O5S/c1-24-13-8-5-12(6-9-13)7-10-15(21)20-11-3-4-14(20)16-18-19-17(25-16)26(2,22)23/h5-10,14H,3-4,11H2,1-2H3/b10-7+/t14-/m0/s1. The van der Waals surface area contributed by atoms with E-state index in [1.54, 1.807) is 18.1 Å². The van der Waals surface area contributed by atoms with Gasteiger partial charge in [-0.3, -0.25) is 4.79 Å². The Bertz CT molecular complexity index is 918. The van der Waals surface area contributed by atoms with Crippen molar-refractivity contribution >= 4 is 21.8 Å². The number of likely N-dealkylation sites (tertiary alicyclic amines) is 1. The van der Waals surface area contributed by atoms with Crippen LogP contribution in [0.4, 0.5) is 0 Å². The highest BCUT2D eigenvalue weighted by Gasteiger charge is 2.33. The second-order valence-corrected chi connectivity index (χ2v) is 7.87. The highest BCUT2D eigenvalue weighted by molar-refractivity contribution is 7.90. The maximum atomic E-state index is 12.5. The third-order valence-electron chi connectivity index (χ3n) is 4.09. The zero-order valence-electron chi connectivity index (χ0n) is 14.5. The molecule has 1 aliphatic heterocycles. The molecule has 26 heavy (non-hydrogen) atoms. The summed E-state index contributed by atoms with van der Waals surface area (Å²) in [5.41, 5.74) is 0.868. The Hall–Kier alpha value is -2.68. The summed E-state index contributed by atoms with van der Waals surface area (Å²) in [7, 11) is -1.98. The average molecular weight is 377 g/mol. The van der Waals surface area contributed by atoms with Gasteiger partial charge in [-0.15, -0.1) is 5.10 Å². The van der Waals surface area contributed by atoms with Crippen molar-refractivity contribution in [1.82, 2.24) is 15.1 Å². The SMILES string of the molecule is COc1ccc(/C=C/C(=O)N2CCC[C@H]2c2nnc(S(C)(=O)=O)o2)cc1. The van der Waals surface area contributed by atoms with Gasteiger partial charge in [0, 0.05) is 18.9 Å². The highest BCUT2D eigenvalue weighted by Crippen LogP contribution is 2.31. The minimum absolute atomic E-state index is 0.147. The summed E-state index contributed by atoms with van der Waals surface area (Å²) < 4.78 is 33.3. The van der Waals surface area contributed by atoms with Gasteiger partial charge < -0.3 is 14.1 Å². The van der Waals surface area contributed by atoms with Crippen molar-refractivity contribution in [2.75, 3.05) is 19.9 Å². The molecule has 1 fully saturated rings. The van der Waals surface area contributed by atoms with Crippen molar-refractivity contribution in [2.24, 2.45) is 0 Å². The molecular formula is C17H19N3O5S. The lowest BCUT2D eigenvalue weighted by Crippen LogP contribution is -2.29. The summed E-state index contributed by atoms with van der Waals surface area (Å²) in [6.45, 7) is 0.549. The molecule has 0 radical (unpaired) electrons. The number of ether oxygens (including phenoxy) is 1. The first-order valence-electron chi connectivity index (χ1n) is 8.04. The molecule has 2 heterocycles. The quantitative estimate of drug-likeness (QED) is 0.733. The normalized spacial score (nSPS) is 17.8. The fraction of sp³-hybridized carbons (Fsp3) is 0.353. The predicted octanol–water partition coefficient (Wildman–Crippen LogP) is 1.86. The van der Waals surface area contributed by atoms with Crippen molar-refractivity contribution < 1.29 is 22.4 Å². The van der Waals surface area contributed by atoms with Gasteiger partial charge in [0.25, 0.3) is 0 Å². The van der Waals surface area contributed by atoms with Crippen LogP contribution in [0.5, 0.6) is 5.75 Å². The molecule has 0 N–H and O–H groups in total. The molecule has 0 aliphatic carbocycles. The number of aromatic nitrogens is 2. The summed E-state index contributed by atoms with van der Waals surface area (Å²) in [4.78, 5) is 14.1. The Labute approximate surface area is 151 Å². The van der Waals surface area contributed by atoms with Crippen LogP contribution < -0.4 is 4.74 Å². The second kappa shape index (κ2) is 7.28. The van der Waals surface area contributed by atoms with Gasteiger partial charge in [0.15, 0.2) is 0 Å². The van der Waals surface area contributed by atoms with E-state index in [1.165, 1.54) is 6.08 Å². The number of methoxy groups -OCH3 is 1. The Balaban J connectivity index is 1.73. The van der Waals surface area contributed by atoms with Gasteiger partial charge in [-0.05, 0) is 36.6 Å². The third kappa shape index (κ3) is 3.93. The number of carbonyl (C=O) groups excluding carboxylic acids is 1.